The van der Waals surface area contributed by atoms with Crippen molar-refractivity contribution in [3.05, 3.63) is 24.3 Å². The molecule has 0 heterocycles. The van der Waals surface area contributed by atoms with Crippen LogP contribution in [0, 0.1) is 0 Å². The predicted molar refractivity (Wildman–Crippen MR) is 129 cm³/mol. The number of rotatable bonds is 19. The van der Waals surface area contributed by atoms with Crippen molar-refractivity contribution in [2.24, 2.45) is 5.73 Å². The van der Waals surface area contributed by atoms with E-state index in [4.69, 9.17) is 5.73 Å². The molecule has 8 nitrogen and oxygen atoms in total. The molecule has 1 atom stereocenters. The van der Waals surface area contributed by atoms with Crippen LogP contribution in [0.25, 0.3) is 0 Å². The summed E-state index contributed by atoms with van der Waals surface area (Å²) in [4.78, 5) is 37.6. The molecule has 0 bridgehead atoms. The van der Waals surface area contributed by atoms with Crippen molar-refractivity contribution in [2.45, 2.75) is 77.7 Å². The number of aliphatic hydroxyl groups is 1. The Bertz CT molecular complexity index is 578. The van der Waals surface area contributed by atoms with E-state index in [-0.39, 0.29) is 17.7 Å². The van der Waals surface area contributed by atoms with Crippen LogP contribution in [0.1, 0.15) is 71.6 Å². The van der Waals surface area contributed by atoms with Gasteiger partial charge in [0.05, 0.1) is 6.61 Å². The molecule has 0 radical (unpaired) electrons. The molecule has 0 rings (SSSR count). The number of nitrogens with one attached hydrogen (secondary N) is 2. The average molecular weight is 453 g/mol. The van der Waals surface area contributed by atoms with Crippen molar-refractivity contribution in [1.82, 2.24) is 15.5 Å². The number of allylic oxidation sites excluding steroid dienone is 4. The quantitative estimate of drug-likeness (QED) is 0.176. The zero-order valence-corrected chi connectivity index (χ0v) is 20.0. The molecule has 5 N–H and O–H groups in total. The zero-order chi connectivity index (χ0) is 24.0. The average Bonchev–Trinajstić information content (AvgIpc) is 2.79. The standard InChI is InChI=1S/C24H44N4O4/c1-3-5-7-9-14-22(30)26-16-11-12-18-28(24(32)21(25)20-29)19-13-17-27-23(31)15-10-8-6-4-2/h5-8,21,29H,3-4,9-20,25H2,1-2H3,(H,26,30)(H,27,31)/b7-5-,8-6-/t21-/m0/s1. The molecule has 0 aromatic carbocycles. The summed E-state index contributed by atoms with van der Waals surface area (Å²) in [6.45, 7) is 5.71. The molecule has 0 unspecified atom stereocenters. The molecule has 0 aliphatic rings. The molecule has 0 aliphatic heterocycles. The Morgan fingerprint density at radius 3 is 1.84 bits per heavy atom. The molecule has 32 heavy (non-hydrogen) atoms. The highest BCUT2D eigenvalue weighted by molar-refractivity contribution is 5.81. The molecule has 0 fully saturated rings. The predicted octanol–water partition coefficient (Wildman–Crippen LogP) is 2.03. The Kier molecular flexibility index (Phi) is 19.3. The number of nitrogens with two attached hydrogens (primary N) is 1. The molecule has 3 amide bonds. The fourth-order valence-corrected chi connectivity index (χ4v) is 2.97. The first-order chi connectivity index (χ1) is 15.5. The van der Waals surface area contributed by atoms with Gasteiger partial charge < -0.3 is 26.4 Å². The minimum Gasteiger partial charge on any atom is -0.394 e. The number of carbonyl (C=O) groups excluding carboxylic acids is 3. The normalized spacial score (nSPS) is 12.2. The summed E-state index contributed by atoms with van der Waals surface area (Å²) in [5.41, 5.74) is 5.71. The first-order valence-electron chi connectivity index (χ1n) is 11.9. The minimum atomic E-state index is -0.939. The first-order valence-corrected chi connectivity index (χ1v) is 11.9. The van der Waals surface area contributed by atoms with Gasteiger partial charge in [-0.25, -0.2) is 0 Å². The molecule has 0 saturated carbocycles. The maximum atomic E-state index is 12.4. The fraction of sp³-hybridized carbons (Fsp3) is 0.708. The number of unbranched alkanes of at least 4 members (excludes halogenated alkanes) is 1. The third kappa shape index (κ3) is 16.5. The van der Waals surface area contributed by atoms with Crippen LogP contribution in [0.2, 0.25) is 0 Å². The molecule has 0 aromatic rings. The van der Waals surface area contributed by atoms with Crippen LogP contribution in [0.3, 0.4) is 0 Å². The van der Waals surface area contributed by atoms with Gasteiger partial charge in [-0.15, -0.1) is 0 Å². The Morgan fingerprint density at radius 2 is 1.34 bits per heavy atom. The van der Waals surface area contributed by atoms with Gasteiger partial charge in [0.1, 0.15) is 6.04 Å². The van der Waals surface area contributed by atoms with Gasteiger partial charge >= 0.3 is 0 Å². The lowest BCUT2D eigenvalue weighted by molar-refractivity contribution is -0.133. The van der Waals surface area contributed by atoms with E-state index in [2.05, 4.69) is 24.5 Å². The van der Waals surface area contributed by atoms with Gasteiger partial charge in [-0.3, -0.25) is 14.4 Å². The number of hydrogen-bond donors (Lipinski definition) is 4. The van der Waals surface area contributed by atoms with Crippen LogP contribution in [0.15, 0.2) is 24.3 Å². The van der Waals surface area contributed by atoms with Crippen molar-refractivity contribution in [1.29, 1.82) is 0 Å². The van der Waals surface area contributed by atoms with Crippen molar-refractivity contribution >= 4 is 17.7 Å². The van der Waals surface area contributed by atoms with Crippen LogP contribution < -0.4 is 16.4 Å². The molecule has 0 saturated heterocycles. The van der Waals surface area contributed by atoms with Gasteiger partial charge in [0, 0.05) is 39.0 Å². The Morgan fingerprint density at radius 1 is 0.844 bits per heavy atom. The van der Waals surface area contributed by atoms with Crippen LogP contribution in [-0.4, -0.2) is 66.6 Å². The fourth-order valence-electron chi connectivity index (χ4n) is 2.97. The maximum absolute atomic E-state index is 12.4. The number of carbonyl (C=O) groups is 3. The summed E-state index contributed by atoms with van der Waals surface area (Å²) in [6.07, 6.45) is 14.5. The molecule has 0 aromatic heterocycles. The van der Waals surface area contributed by atoms with Gasteiger partial charge in [0.15, 0.2) is 0 Å². The van der Waals surface area contributed by atoms with Gasteiger partial charge in [0.25, 0.3) is 0 Å². The van der Waals surface area contributed by atoms with E-state index < -0.39 is 12.6 Å². The molecular formula is C24H44N4O4. The largest absolute Gasteiger partial charge is 0.394 e. The van der Waals surface area contributed by atoms with Crippen LogP contribution in [0.4, 0.5) is 0 Å². The summed E-state index contributed by atoms with van der Waals surface area (Å²) in [5, 5.41) is 15.0. The van der Waals surface area contributed by atoms with Gasteiger partial charge in [-0.2, -0.15) is 0 Å². The van der Waals surface area contributed by atoms with Crippen molar-refractivity contribution < 1.29 is 19.5 Å². The molecule has 0 aliphatic carbocycles. The summed E-state index contributed by atoms with van der Waals surface area (Å²) in [5.74, 6) is -0.270. The molecule has 0 spiro atoms. The number of aliphatic hydroxyl groups excluding tert-OH is 1. The van der Waals surface area contributed by atoms with E-state index in [0.29, 0.717) is 45.4 Å². The summed E-state index contributed by atoms with van der Waals surface area (Å²) in [6, 6.07) is -0.939. The van der Waals surface area contributed by atoms with Crippen molar-refractivity contribution in [3.8, 4) is 0 Å². The molecular weight excluding hydrogens is 408 g/mol. The molecule has 8 heteroatoms. The number of amides is 3. The van der Waals surface area contributed by atoms with Crippen molar-refractivity contribution in [3.63, 3.8) is 0 Å². The van der Waals surface area contributed by atoms with Gasteiger partial charge in [-0.1, -0.05) is 38.2 Å². The third-order valence-electron chi connectivity index (χ3n) is 4.81. The summed E-state index contributed by atoms with van der Waals surface area (Å²) in [7, 11) is 0. The summed E-state index contributed by atoms with van der Waals surface area (Å²) < 4.78 is 0. The van der Waals surface area contributed by atoms with E-state index in [1.807, 2.05) is 24.3 Å². The first kappa shape index (κ1) is 29.8. The lowest BCUT2D eigenvalue weighted by atomic mass is 10.2. The minimum absolute atomic E-state index is 0.00313. The van der Waals surface area contributed by atoms with Crippen molar-refractivity contribution in [2.75, 3.05) is 32.8 Å². The van der Waals surface area contributed by atoms with Crippen LogP contribution >= 0.6 is 0 Å². The molecule has 184 valence electrons. The SMILES string of the molecule is CC/C=C\CCC(=O)NCCCCN(CCCNC(=O)CC/C=C\CC)C(=O)[C@@H](N)CO. The van der Waals surface area contributed by atoms with Gasteiger partial charge in [-0.05, 0) is 44.9 Å². The second-order valence-electron chi connectivity index (χ2n) is 7.71. The monoisotopic (exact) mass is 452 g/mol. The lowest BCUT2D eigenvalue weighted by Gasteiger charge is -2.25. The van der Waals surface area contributed by atoms with Gasteiger partial charge in [0.2, 0.25) is 17.7 Å². The summed E-state index contributed by atoms with van der Waals surface area (Å²) >= 11 is 0. The highest BCUT2D eigenvalue weighted by atomic mass is 16.3. The third-order valence-corrected chi connectivity index (χ3v) is 4.81. The highest BCUT2D eigenvalue weighted by Gasteiger charge is 2.19. The second kappa shape index (κ2) is 20.7. The van der Waals surface area contributed by atoms with E-state index in [0.717, 1.165) is 38.5 Å². The van der Waals surface area contributed by atoms with Crippen LogP contribution in [0.5, 0.6) is 0 Å². The Hall–Kier alpha value is -2.19. The highest BCUT2D eigenvalue weighted by Crippen LogP contribution is 2.01. The number of nitrogens with zero attached hydrogens (tertiary/aromatic N) is 1. The lowest BCUT2D eigenvalue weighted by Crippen LogP contribution is -2.47. The van der Waals surface area contributed by atoms with Crippen LogP contribution in [-0.2, 0) is 14.4 Å². The Balaban J connectivity index is 4.21. The van der Waals surface area contributed by atoms with E-state index in [9.17, 15) is 19.5 Å². The Labute approximate surface area is 193 Å². The smallest absolute Gasteiger partial charge is 0.241 e. The van der Waals surface area contributed by atoms with E-state index >= 15 is 0 Å². The maximum Gasteiger partial charge on any atom is 0.241 e. The number of hydrogen-bond acceptors (Lipinski definition) is 5. The second-order valence-corrected chi connectivity index (χ2v) is 7.71. The topological polar surface area (TPSA) is 125 Å². The van der Waals surface area contributed by atoms with E-state index in [1.165, 1.54) is 0 Å². The zero-order valence-electron chi connectivity index (χ0n) is 20.0. The van der Waals surface area contributed by atoms with E-state index in [1.54, 1.807) is 4.90 Å².